The normalized spacial score (nSPS) is 18.0. The summed E-state index contributed by atoms with van der Waals surface area (Å²) in [5.41, 5.74) is 3.24. The number of carbonyl (C=O) groups is 2. The van der Waals surface area contributed by atoms with Crippen LogP contribution in [0.4, 0.5) is 17.1 Å². The zero-order valence-electron chi connectivity index (χ0n) is 18.3. The molecule has 2 aromatic carbocycles. The van der Waals surface area contributed by atoms with Crippen LogP contribution in [0.5, 0.6) is 0 Å². The Bertz CT molecular complexity index is 1200. The number of rotatable bonds is 4. The van der Waals surface area contributed by atoms with Crippen LogP contribution in [0.3, 0.4) is 0 Å². The molecular weight excluding hydrogens is 442 g/mol. The molecule has 0 unspecified atom stereocenters. The van der Waals surface area contributed by atoms with Gasteiger partial charge in [-0.2, -0.15) is 0 Å². The lowest BCUT2D eigenvalue weighted by Gasteiger charge is -2.32. The molecule has 2 aromatic rings. The van der Waals surface area contributed by atoms with Crippen molar-refractivity contribution < 1.29 is 14.5 Å². The predicted molar refractivity (Wildman–Crippen MR) is 130 cm³/mol. The third-order valence-corrected chi connectivity index (χ3v) is 5.97. The summed E-state index contributed by atoms with van der Waals surface area (Å²) in [5, 5.41) is 17.2. The molecule has 0 atom stereocenters. The maximum absolute atomic E-state index is 13.5. The number of anilines is 2. The Morgan fingerprint density at radius 3 is 2.48 bits per heavy atom. The Hall–Kier alpha value is -3.63. The van der Waals surface area contributed by atoms with Crippen molar-refractivity contribution in [3.8, 4) is 0 Å². The molecule has 2 amide bonds. The van der Waals surface area contributed by atoms with Gasteiger partial charge in [0, 0.05) is 49.6 Å². The van der Waals surface area contributed by atoms with Crippen LogP contribution in [-0.4, -0.2) is 48.0 Å². The smallest absolute Gasteiger partial charge is 0.270 e. The third kappa shape index (κ3) is 4.48. The first kappa shape index (κ1) is 22.6. The first-order valence-corrected chi connectivity index (χ1v) is 10.9. The number of hydrogen-bond donors (Lipinski definition) is 2. The van der Waals surface area contributed by atoms with Gasteiger partial charge in [-0.05, 0) is 55.4 Å². The van der Waals surface area contributed by atoms with Crippen LogP contribution in [0.25, 0.3) is 6.08 Å². The number of thiocarbonyl (C=S) groups is 1. The SMILES string of the molecule is Cc1ccc(C)c(N2C(=O)/C(=C\c3cc([N+](=O)[O-])ccc3N3CCNCC3)C(=O)NC2=S)c1. The largest absolute Gasteiger partial charge is 0.368 e. The lowest BCUT2D eigenvalue weighted by Crippen LogP contribution is -2.54. The van der Waals surface area contributed by atoms with Crippen LogP contribution in [0.2, 0.25) is 0 Å². The molecule has 2 aliphatic heterocycles. The Morgan fingerprint density at radius 2 is 1.79 bits per heavy atom. The molecule has 0 spiro atoms. The van der Waals surface area contributed by atoms with Crippen molar-refractivity contribution in [2.75, 3.05) is 36.0 Å². The maximum Gasteiger partial charge on any atom is 0.270 e. The molecule has 9 nitrogen and oxygen atoms in total. The second kappa shape index (κ2) is 9.08. The predicted octanol–water partition coefficient (Wildman–Crippen LogP) is 2.45. The quantitative estimate of drug-likeness (QED) is 0.235. The molecule has 2 saturated heterocycles. The van der Waals surface area contributed by atoms with Crippen molar-refractivity contribution >= 4 is 52.3 Å². The molecule has 33 heavy (non-hydrogen) atoms. The number of non-ortho nitro benzene ring substituents is 1. The van der Waals surface area contributed by atoms with Gasteiger partial charge in [0.15, 0.2) is 5.11 Å². The fourth-order valence-electron chi connectivity index (χ4n) is 3.96. The highest BCUT2D eigenvalue weighted by atomic mass is 32.1. The fraction of sp³-hybridized carbons (Fsp3) is 0.261. The topological polar surface area (TPSA) is 108 Å². The van der Waals surface area contributed by atoms with E-state index in [0.29, 0.717) is 24.3 Å². The summed E-state index contributed by atoms with van der Waals surface area (Å²) in [4.78, 5) is 40.5. The van der Waals surface area contributed by atoms with Crippen molar-refractivity contribution in [3.05, 3.63) is 68.8 Å². The summed E-state index contributed by atoms with van der Waals surface area (Å²) < 4.78 is 0. The van der Waals surface area contributed by atoms with Crippen LogP contribution < -0.4 is 20.4 Å². The van der Waals surface area contributed by atoms with Crippen LogP contribution in [0.1, 0.15) is 16.7 Å². The number of nitro benzene ring substituents is 1. The van der Waals surface area contributed by atoms with Crippen LogP contribution in [0.15, 0.2) is 42.0 Å². The lowest BCUT2D eigenvalue weighted by atomic mass is 10.0. The first-order valence-electron chi connectivity index (χ1n) is 10.5. The van der Waals surface area contributed by atoms with Gasteiger partial charge >= 0.3 is 0 Å². The van der Waals surface area contributed by atoms with Gasteiger partial charge in [0.05, 0.1) is 10.6 Å². The highest BCUT2D eigenvalue weighted by molar-refractivity contribution is 7.80. The van der Waals surface area contributed by atoms with Gasteiger partial charge in [0.25, 0.3) is 17.5 Å². The monoisotopic (exact) mass is 465 g/mol. The van der Waals surface area contributed by atoms with E-state index in [1.807, 2.05) is 32.0 Å². The van der Waals surface area contributed by atoms with E-state index in [-0.39, 0.29) is 16.4 Å². The maximum atomic E-state index is 13.5. The van der Waals surface area contributed by atoms with Crippen molar-refractivity contribution in [2.45, 2.75) is 13.8 Å². The molecule has 4 rings (SSSR count). The van der Waals surface area contributed by atoms with Crippen molar-refractivity contribution in [3.63, 3.8) is 0 Å². The summed E-state index contributed by atoms with van der Waals surface area (Å²) >= 11 is 5.31. The van der Waals surface area contributed by atoms with Gasteiger partial charge in [-0.15, -0.1) is 0 Å². The second-order valence-corrected chi connectivity index (χ2v) is 8.37. The summed E-state index contributed by atoms with van der Waals surface area (Å²) in [6.07, 6.45) is 1.42. The number of carbonyl (C=O) groups excluding carboxylic acids is 2. The number of nitrogens with one attached hydrogen (secondary N) is 2. The molecule has 0 aromatic heterocycles. The number of amides is 2. The summed E-state index contributed by atoms with van der Waals surface area (Å²) in [5.74, 6) is -1.21. The Kier molecular flexibility index (Phi) is 6.21. The number of hydrogen-bond acceptors (Lipinski definition) is 7. The molecule has 0 bridgehead atoms. The molecule has 0 radical (unpaired) electrons. The number of nitrogens with zero attached hydrogens (tertiary/aromatic N) is 3. The Balaban J connectivity index is 1.81. The number of aryl methyl sites for hydroxylation is 2. The first-order chi connectivity index (χ1) is 15.8. The average Bonchev–Trinajstić information content (AvgIpc) is 2.79. The lowest BCUT2D eigenvalue weighted by molar-refractivity contribution is -0.384. The standard InChI is InChI=1S/C23H23N5O4S/c1-14-3-4-15(2)20(11-14)27-22(30)18(21(29)25-23(27)33)13-16-12-17(28(31)32)5-6-19(16)26-9-7-24-8-10-26/h3-6,11-13,24H,7-10H2,1-2H3,(H,25,29,33)/b18-13-. The highest BCUT2D eigenvalue weighted by Crippen LogP contribution is 2.31. The van der Waals surface area contributed by atoms with E-state index in [2.05, 4.69) is 15.5 Å². The highest BCUT2D eigenvalue weighted by Gasteiger charge is 2.35. The molecule has 2 aliphatic rings. The molecule has 10 heteroatoms. The van der Waals surface area contributed by atoms with Crippen molar-refractivity contribution in [1.29, 1.82) is 0 Å². The summed E-state index contributed by atoms with van der Waals surface area (Å²) in [6.45, 7) is 6.69. The zero-order valence-corrected chi connectivity index (χ0v) is 19.1. The zero-order chi connectivity index (χ0) is 23.7. The minimum atomic E-state index is -0.635. The van der Waals surface area contributed by atoms with Crippen molar-refractivity contribution in [1.82, 2.24) is 10.6 Å². The molecule has 2 N–H and O–H groups in total. The van der Waals surface area contributed by atoms with E-state index >= 15 is 0 Å². The number of nitro groups is 1. The number of piperazine rings is 1. The van der Waals surface area contributed by atoms with Crippen molar-refractivity contribution in [2.24, 2.45) is 0 Å². The minimum absolute atomic E-state index is 0.00257. The van der Waals surface area contributed by atoms with E-state index < -0.39 is 16.7 Å². The summed E-state index contributed by atoms with van der Waals surface area (Å²) in [7, 11) is 0. The molecule has 170 valence electrons. The Labute approximate surface area is 196 Å². The molecule has 2 fully saturated rings. The molecule has 0 aliphatic carbocycles. The molecular formula is C23H23N5O4S. The second-order valence-electron chi connectivity index (χ2n) is 7.99. The van der Waals surface area contributed by atoms with E-state index in [1.165, 1.54) is 23.1 Å². The minimum Gasteiger partial charge on any atom is -0.368 e. The van der Waals surface area contributed by atoms with Gasteiger partial charge < -0.3 is 10.2 Å². The van der Waals surface area contributed by atoms with E-state index in [0.717, 1.165) is 29.9 Å². The van der Waals surface area contributed by atoms with E-state index in [9.17, 15) is 19.7 Å². The van der Waals surface area contributed by atoms with Crippen LogP contribution in [-0.2, 0) is 9.59 Å². The average molecular weight is 466 g/mol. The Morgan fingerprint density at radius 1 is 1.06 bits per heavy atom. The van der Waals surface area contributed by atoms with Crippen LogP contribution in [0, 0.1) is 24.0 Å². The third-order valence-electron chi connectivity index (χ3n) is 5.69. The van der Waals surface area contributed by atoms with Gasteiger partial charge in [-0.1, -0.05) is 12.1 Å². The van der Waals surface area contributed by atoms with Gasteiger partial charge in [0.1, 0.15) is 5.57 Å². The van der Waals surface area contributed by atoms with Gasteiger partial charge in [0.2, 0.25) is 0 Å². The number of benzene rings is 2. The molecule has 2 heterocycles. The van der Waals surface area contributed by atoms with E-state index in [4.69, 9.17) is 12.2 Å². The molecule has 0 saturated carbocycles. The summed E-state index contributed by atoms with van der Waals surface area (Å²) in [6, 6.07) is 10.1. The van der Waals surface area contributed by atoms with E-state index in [1.54, 1.807) is 6.07 Å². The van der Waals surface area contributed by atoms with Gasteiger partial charge in [-0.3, -0.25) is 29.9 Å². The van der Waals surface area contributed by atoms with Gasteiger partial charge in [-0.25, -0.2) is 0 Å². The van der Waals surface area contributed by atoms with Crippen LogP contribution >= 0.6 is 12.2 Å². The fourth-order valence-corrected chi connectivity index (χ4v) is 4.23.